The van der Waals surface area contributed by atoms with Gasteiger partial charge in [-0.15, -0.1) is 0 Å². The van der Waals surface area contributed by atoms with Crippen molar-refractivity contribution < 1.29 is 17.9 Å². The number of allylic oxidation sites excluding steroid dienone is 5. The largest absolute Gasteiger partial charge is 0.348 e. The summed E-state index contributed by atoms with van der Waals surface area (Å²) in [6, 6.07) is 0.121. The minimum absolute atomic E-state index is 0.121. The molecule has 28 heavy (non-hydrogen) atoms. The summed E-state index contributed by atoms with van der Waals surface area (Å²) in [7, 11) is 2.92. The summed E-state index contributed by atoms with van der Waals surface area (Å²) in [5.74, 6) is -1.53. The van der Waals surface area contributed by atoms with Crippen LogP contribution in [0.2, 0.25) is 0 Å². The number of methoxy groups -OCH3 is 1. The van der Waals surface area contributed by atoms with E-state index in [2.05, 4.69) is 35.1 Å². The Kier molecular flexibility index (Phi) is 11.1. The van der Waals surface area contributed by atoms with Gasteiger partial charge in [0.1, 0.15) is 6.17 Å². The maximum Gasteiger partial charge on any atom is 0.268 e. The van der Waals surface area contributed by atoms with Crippen LogP contribution in [0.25, 0.3) is 0 Å². The Balaban J connectivity index is 2.56. The van der Waals surface area contributed by atoms with Crippen LogP contribution in [0.1, 0.15) is 20.3 Å². The smallest absolute Gasteiger partial charge is 0.268 e. The van der Waals surface area contributed by atoms with E-state index in [0.717, 1.165) is 32.1 Å². The van der Waals surface area contributed by atoms with Gasteiger partial charge in [-0.1, -0.05) is 41.0 Å². The van der Waals surface area contributed by atoms with Gasteiger partial charge in [0.15, 0.2) is 6.35 Å². The topological polar surface area (TPSA) is 36.5 Å². The average molecular weight is 419 g/mol. The molecule has 1 aliphatic rings. The molecule has 0 heterocycles. The Morgan fingerprint density at radius 3 is 2.75 bits per heavy atom. The van der Waals surface area contributed by atoms with E-state index in [9.17, 15) is 13.2 Å². The van der Waals surface area contributed by atoms with E-state index >= 15 is 0 Å². The zero-order valence-corrected chi connectivity index (χ0v) is 18.0. The van der Waals surface area contributed by atoms with E-state index in [1.165, 1.54) is 28.5 Å². The number of hydrogen-bond acceptors (Lipinski definition) is 4. The first-order valence-corrected chi connectivity index (χ1v) is 10.0. The lowest BCUT2D eigenvalue weighted by Gasteiger charge is -2.29. The molecule has 4 nitrogen and oxygen atoms in total. The number of halogens is 3. The van der Waals surface area contributed by atoms with Crippen molar-refractivity contribution in [1.29, 1.82) is 0 Å². The van der Waals surface area contributed by atoms with E-state index in [4.69, 9.17) is 4.74 Å². The van der Waals surface area contributed by atoms with Crippen molar-refractivity contribution in [3.8, 4) is 0 Å². The molecule has 2 N–H and O–H groups in total. The fourth-order valence-electron chi connectivity index (χ4n) is 2.80. The lowest BCUT2D eigenvalue weighted by atomic mass is 9.97. The fraction of sp³-hybridized carbons (Fsp3) is 0.600. The molecule has 8 heteroatoms. The number of nitrogens with zero attached hydrogens (tertiary/aromatic N) is 1. The molecule has 0 saturated carbocycles. The van der Waals surface area contributed by atoms with Crippen LogP contribution in [0, 0.1) is 5.92 Å². The molecule has 0 aromatic carbocycles. The summed E-state index contributed by atoms with van der Waals surface area (Å²) >= 11 is 0. The van der Waals surface area contributed by atoms with Crippen molar-refractivity contribution in [2.24, 2.45) is 5.92 Å². The number of likely N-dealkylation sites (N-methyl/N-ethyl adjacent to an activating group) is 1. The molecule has 0 saturated heterocycles. The van der Waals surface area contributed by atoms with Crippen molar-refractivity contribution >= 4 is 9.24 Å². The zero-order chi connectivity index (χ0) is 21.2. The Bertz CT molecular complexity index is 563. The van der Waals surface area contributed by atoms with Gasteiger partial charge >= 0.3 is 0 Å². The first-order chi connectivity index (χ1) is 13.2. The Labute approximate surface area is 169 Å². The van der Waals surface area contributed by atoms with Gasteiger partial charge in [0.25, 0.3) is 5.66 Å². The first kappa shape index (κ1) is 24.9. The molecular weight excluding hydrogens is 386 g/mol. The quantitative estimate of drug-likeness (QED) is 0.270. The lowest BCUT2D eigenvalue weighted by Crippen LogP contribution is -2.48. The van der Waals surface area contributed by atoms with Crippen LogP contribution in [0.4, 0.5) is 13.2 Å². The van der Waals surface area contributed by atoms with Gasteiger partial charge in [0.2, 0.25) is 0 Å². The summed E-state index contributed by atoms with van der Waals surface area (Å²) < 4.78 is 46.2. The average Bonchev–Trinajstić information content (AvgIpc) is 2.64. The highest BCUT2D eigenvalue weighted by Gasteiger charge is 2.39. The zero-order valence-electron chi connectivity index (χ0n) is 16.9. The third kappa shape index (κ3) is 8.91. The number of nitrogens with one attached hydrogen (secondary N) is 2. The second-order valence-electron chi connectivity index (χ2n) is 6.80. The highest BCUT2D eigenvalue weighted by molar-refractivity contribution is 7.18. The van der Waals surface area contributed by atoms with Crippen LogP contribution >= 0.6 is 9.24 Å². The predicted octanol–water partition coefficient (Wildman–Crippen LogP) is 3.81. The van der Waals surface area contributed by atoms with Gasteiger partial charge in [-0.25, -0.2) is 13.2 Å². The van der Waals surface area contributed by atoms with Gasteiger partial charge in [-0.3, -0.25) is 10.2 Å². The highest BCUT2D eigenvalue weighted by Crippen LogP contribution is 2.38. The van der Waals surface area contributed by atoms with E-state index < -0.39 is 24.1 Å². The molecule has 1 rings (SSSR count). The minimum Gasteiger partial charge on any atom is -0.348 e. The molecule has 0 bridgehead atoms. The van der Waals surface area contributed by atoms with Crippen LogP contribution in [0.15, 0.2) is 48.7 Å². The number of ether oxygens (including phenoxy) is 1. The molecule has 5 atom stereocenters. The summed E-state index contributed by atoms with van der Waals surface area (Å²) in [6.07, 6.45) is 8.13. The molecule has 0 fully saturated rings. The molecule has 0 aromatic rings. The van der Waals surface area contributed by atoms with Crippen molar-refractivity contribution in [2.75, 3.05) is 26.7 Å². The van der Waals surface area contributed by atoms with E-state index in [-0.39, 0.29) is 6.04 Å². The Morgan fingerprint density at radius 2 is 2.18 bits per heavy atom. The van der Waals surface area contributed by atoms with Gasteiger partial charge in [-0.05, 0) is 44.7 Å². The van der Waals surface area contributed by atoms with Crippen molar-refractivity contribution in [3.63, 3.8) is 0 Å². The maximum absolute atomic E-state index is 13.8. The standard InChI is InChI=1S/C20H33F3N3OP/c1-5-7-8-12-26(6-2)13-11-15(3)24-19(27-4)25-16-9-10-18(21)17(14-16)20(22,23)28/h5,7-10,14-15,17-19,24-25H,1,6,11-13,28H2,2-4H3/b8-7+. The predicted molar refractivity (Wildman–Crippen MR) is 113 cm³/mol. The second kappa shape index (κ2) is 12.4. The number of hydrogen-bond donors (Lipinski definition) is 2. The van der Waals surface area contributed by atoms with Crippen LogP contribution in [-0.4, -0.2) is 55.9 Å². The molecular formula is C20H33F3N3OP. The third-order valence-corrected chi connectivity index (χ3v) is 4.92. The first-order valence-electron chi connectivity index (χ1n) is 9.47. The van der Waals surface area contributed by atoms with Gasteiger partial charge < -0.3 is 10.1 Å². The molecule has 160 valence electrons. The fourth-order valence-corrected chi connectivity index (χ4v) is 3.08. The highest BCUT2D eigenvalue weighted by atomic mass is 31.0. The number of alkyl halides is 3. The summed E-state index contributed by atoms with van der Waals surface area (Å²) in [5.41, 5.74) is -2.82. The molecule has 0 aliphatic heterocycles. The molecule has 1 aliphatic carbocycles. The Hall–Kier alpha value is -1.14. The maximum atomic E-state index is 13.8. The normalized spacial score (nSPS) is 22.4. The van der Waals surface area contributed by atoms with Crippen LogP contribution in [0.3, 0.4) is 0 Å². The summed E-state index contributed by atoms with van der Waals surface area (Å²) in [6.45, 7) is 10.5. The van der Waals surface area contributed by atoms with Gasteiger partial charge in [0, 0.05) is 25.4 Å². The van der Waals surface area contributed by atoms with Crippen LogP contribution < -0.4 is 10.6 Å². The molecule has 0 spiro atoms. The van der Waals surface area contributed by atoms with Gasteiger partial charge in [-0.2, -0.15) is 0 Å². The van der Waals surface area contributed by atoms with Crippen molar-refractivity contribution in [3.05, 3.63) is 48.7 Å². The van der Waals surface area contributed by atoms with E-state index in [1.807, 2.05) is 13.0 Å². The van der Waals surface area contributed by atoms with Crippen molar-refractivity contribution in [1.82, 2.24) is 15.5 Å². The second-order valence-corrected chi connectivity index (χ2v) is 7.57. The minimum atomic E-state index is -3.22. The van der Waals surface area contributed by atoms with Crippen molar-refractivity contribution in [2.45, 2.75) is 44.5 Å². The summed E-state index contributed by atoms with van der Waals surface area (Å²) in [4.78, 5) is 2.30. The SMILES string of the molecule is C=C/C=C/CN(CC)CCC(C)NC(NC1=CC(C(F)(F)P)C(F)C=C1)OC. The molecule has 0 aromatic heterocycles. The monoisotopic (exact) mass is 419 g/mol. The molecule has 0 amide bonds. The summed E-state index contributed by atoms with van der Waals surface area (Å²) in [5, 5.41) is 6.27. The van der Waals surface area contributed by atoms with Crippen LogP contribution in [0.5, 0.6) is 0 Å². The molecule has 0 radical (unpaired) electrons. The lowest BCUT2D eigenvalue weighted by molar-refractivity contribution is 0.0263. The third-order valence-electron chi connectivity index (χ3n) is 4.54. The van der Waals surface area contributed by atoms with E-state index in [1.54, 1.807) is 6.08 Å². The van der Waals surface area contributed by atoms with Crippen LogP contribution in [-0.2, 0) is 4.74 Å². The van der Waals surface area contributed by atoms with E-state index in [0.29, 0.717) is 5.70 Å². The molecule has 5 unspecified atom stereocenters. The Morgan fingerprint density at radius 1 is 1.46 bits per heavy atom. The van der Waals surface area contributed by atoms with Gasteiger partial charge in [0.05, 0.1) is 5.92 Å². The number of rotatable bonds is 13.